The first-order valence-corrected chi connectivity index (χ1v) is 6.66. The number of imidazole rings is 1. The molecule has 0 aliphatic carbocycles. The second kappa shape index (κ2) is 5.05. The molecule has 0 amide bonds. The van der Waals surface area contributed by atoms with Crippen molar-refractivity contribution in [3.8, 4) is 0 Å². The molecule has 1 aromatic heterocycles. The van der Waals surface area contributed by atoms with Gasteiger partial charge in [-0.25, -0.2) is 4.98 Å². The third-order valence-electron chi connectivity index (χ3n) is 3.94. The minimum absolute atomic E-state index is 0.116. The SMILES string of the molecule is COC1(Cn2c(CO)nc3cc(N)ccc32)CCOC1. The van der Waals surface area contributed by atoms with Gasteiger partial charge in [0.25, 0.3) is 0 Å². The Bertz CT molecular complexity index is 617. The van der Waals surface area contributed by atoms with Crippen molar-refractivity contribution in [1.29, 1.82) is 0 Å². The summed E-state index contributed by atoms with van der Waals surface area (Å²) < 4.78 is 13.1. The fourth-order valence-corrected chi connectivity index (χ4v) is 2.72. The number of nitrogens with zero attached hydrogens (tertiary/aromatic N) is 2. The smallest absolute Gasteiger partial charge is 0.135 e. The van der Waals surface area contributed by atoms with Crippen LogP contribution in [0.25, 0.3) is 11.0 Å². The van der Waals surface area contributed by atoms with E-state index in [1.54, 1.807) is 7.11 Å². The van der Waals surface area contributed by atoms with Gasteiger partial charge in [-0.15, -0.1) is 0 Å². The van der Waals surface area contributed by atoms with Crippen LogP contribution < -0.4 is 5.73 Å². The number of fused-ring (bicyclic) bond motifs is 1. The number of ether oxygens (including phenoxy) is 2. The Hall–Kier alpha value is -1.63. The molecule has 0 bridgehead atoms. The van der Waals surface area contributed by atoms with Crippen molar-refractivity contribution in [2.45, 2.75) is 25.2 Å². The van der Waals surface area contributed by atoms with E-state index in [0.29, 0.717) is 31.3 Å². The topological polar surface area (TPSA) is 82.5 Å². The second-order valence-corrected chi connectivity index (χ2v) is 5.21. The number of anilines is 1. The van der Waals surface area contributed by atoms with Crippen LogP contribution in [0.3, 0.4) is 0 Å². The summed E-state index contributed by atoms with van der Waals surface area (Å²) in [6, 6.07) is 5.58. The van der Waals surface area contributed by atoms with Gasteiger partial charge >= 0.3 is 0 Å². The predicted octanol–water partition coefficient (Wildman–Crippen LogP) is 0.916. The van der Waals surface area contributed by atoms with E-state index < -0.39 is 0 Å². The molecular formula is C14H19N3O3. The first kappa shape index (κ1) is 13.4. The molecule has 3 rings (SSSR count). The van der Waals surface area contributed by atoms with Crippen LogP contribution in [-0.4, -0.2) is 40.6 Å². The Morgan fingerprint density at radius 3 is 3.05 bits per heavy atom. The Balaban J connectivity index is 2.05. The maximum absolute atomic E-state index is 9.53. The quantitative estimate of drug-likeness (QED) is 0.812. The number of methoxy groups -OCH3 is 1. The first-order valence-electron chi connectivity index (χ1n) is 6.66. The number of nitrogens with two attached hydrogens (primary N) is 1. The lowest BCUT2D eigenvalue weighted by Gasteiger charge is -2.27. The Labute approximate surface area is 117 Å². The average molecular weight is 277 g/mol. The monoisotopic (exact) mass is 277 g/mol. The number of hydrogen-bond acceptors (Lipinski definition) is 5. The molecule has 1 aromatic carbocycles. The van der Waals surface area contributed by atoms with Crippen molar-refractivity contribution < 1.29 is 14.6 Å². The zero-order valence-corrected chi connectivity index (χ0v) is 11.5. The van der Waals surface area contributed by atoms with Gasteiger partial charge in [-0.3, -0.25) is 0 Å². The maximum Gasteiger partial charge on any atom is 0.135 e. The van der Waals surface area contributed by atoms with E-state index in [9.17, 15) is 5.11 Å². The molecule has 0 spiro atoms. The highest BCUT2D eigenvalue weighted by Crippen LogP contribution is 2.28. The highest BCUT2D eigenvalue weighted by atomic mass is 16.5. The van der Waals surface area contributed by atoms with Gasteiger partial charge in [-0.2, -0.15) is 0 Å². The van der Waals surface area contributed by atoms with Crippen LogP contribution >= 0.6 is 0 Å². The van der Waals surface area contributed by atoms with E-state index in [2.05, 4.69) is 4.98 Å². The molecule has 2 heterocycles. The van der Waals surface area contributed by atoms with Gasteiger partial charge in [0.05, 0.1) is 24.2 Å². The minimum atomic E-state index is -0.348. The van der Waals surface area contributed by atoms with E-state index in [0.717, 1.165) is 17.5 Å². The number of hydrogen-bond donors (Lipinski definition) is 2. The van der Waals surface area contributed by atoms with Gasteiger partial charge in [0, 0.05) is 25.8 Å². The molecule has 1 unspecified atom stereocenters. The summed E-state index contributed by atoms with van der Waals surface area (Å²) in [7, 11) is 1.70. The Morgan fingerprint density at radius 1 is 1.55 bits per heavy atom. The molecule has 1 atom stereocenters. The third kappa shape index (κ3) is 2.15. The summed E-state index contributed by atoms with van der Waals surface area (Å²) in [5, 5.41) is 9.53. The fourth-order valence-electron chi connectivity index (χ4n) is 2.72. The van der Waals surface area contributed by atoms with Crippen molar-refractivity contribution in [1.82, 2.24) is 9.55 Å². The second-order valence-electron chi connectivity index (χ2n) is 5.21. The third-order valence-corrected chi connectivity index (χ3v) is 3.94. The molecule has 0 saturated carbocycles. The van der Waals surface area contributed by atoms with E-state index in [1.807, 2.05) is 22.8 Å². The molecule has 1 saturated heterocycles. The zero-order chi connectivity index (χ0) is 14.2. The summed E-state index contributed by atoms with van der Waals surface area (Å²) in [6.45, 7) is 1.75. The molecule has 3 N–H and O–H groups in total. The van der Waals surface area contributed by atoms with Crippen LogP contribution in [-0.2, 0) is 22.6 Å². The van der Waals surface area contributed by atoms with Gasteiger partial charge in [0.15, 0.2) is 0 Å². The zero-order valence-electron chi connectivity index (χ0n) is 11.5. The maximum atomic E-state index is 9.53. The highest BCUT2D eigenvalue weighted by molar-refractivity contribution is 5.79. The molecule has 2 aromatic rings. The molecule has 6 heteroatoms. The molecule has 1 fully saturated rings. The van der Waals surface area contributed by atoms with Gasteiger partial charge < -0.3 is 24.9 Å². The summed E-state index contributed by atoms with van der Waals surface area (Å²) in [5.41, 5.74) is 7.84. The van der Waals surface area contributed by atoms with Crippen molar-refractivity contribution in [3.63, 3.8) is 0 Å². The van der Waals surface area contributed by atoms with E-state index in [4.69, 9.17) is 15.2 Å². The summed E-state index contributed by atoms with van der Waals surface area (Å²) in [4.78, 5) is 4.44. The molecule has 0 radical (unpaired) electrons. The molecular weight excluding hydrogens is 258 g/mol. The summed E-state index contributed by atoms with van der Waals surface area (Å²) >= 11 is 0. The predicted molar refractivity (Wildman–Crippen MR) is 75.2 cm³/mol. The van der Waals surface area contributed by atoms with Crippen LogP contribution in [0, 0.1) is 0 Å². The molecule has 1 aliphatic heterocycles. The fraction of sp³-hybridized carbons (Fsp3) is 0.500. The number of rotatable bonds is 4. The largest absolute Gasteiger partial charge is 0.399 e. The normalized spacial score (nSPS) is 22.7. The standard InChI is InChI=1S/C14H19N3O3/c1-19-14(4-5-20-9-14)8-17-12-3-2-10(15)6-11(12)16-13(17)7-18/h2-3,6,18H,4-5,7-9,15H2,1H3. The van der Waals surface area contributed by atoms with E-state index >= 15 is 0 Å². The van der Waals surface area contributed by atoms with Crippen molar-refractivity contribution in [2.24, 2.45) is 0 Å². The molecule has 6 nitrogen and oxygen atoms in total. The number of nitrogen functional groups attached to an aromatic ring is 1. The molecule has 108 valence electrons. The Kier molecular flexibility index (Phi) is 3.37. The van der Waals surface area contributed by atoms with Crippen LogP contribution in [0.4, 0.5) is 5.69 Å². The lowest BCUT2D eigenvalue weighted by Crippen LogP contribution is -2.37. The number of aromatic nitrogens is 2. The first-order chi connectivity index (χ1) is 9.67. The average Bonchev–Trinajstić information content (AvgIpc) is 3.04. The Morgan fingerprint density at radius 2 is 2.40 bits per heavy atom. The van der Waals surface area contributed by atoms with Crippen LogP contribution in [0.1, 0.15) is 12.2 Å². The van der Waals surface area contributed by atoms with Crippen LogP contribution in [0.5, 0.6) is 0 Å². The van der Waals surface area contributed by atoms with Crippen molar-refractivity contribution in [2.75, 3.05) is 26.1 Å². The van der Waals surface area contributed by atoms with E-state index in [-0.39, 0.29) is 12.2 Å². The number of aliphatic hydroxyl groups excluding tert-OH is 1. The van der Waals surface area contributed by atoms with Crippen LogP contribution in [0.15, 0.2) is 18.2 Å². The van der Waals surface area contributed by atoms with Crippen molar-refractivity contribution >= 4 is 16.7 Å². The van der Waals surface area contributed by atoms with Gasteiger partial charge in [0.2, 0.25) is 0 Å². The summed E-state index contributed by atoms with van der Waals surface area (Å²) in [6.07, 6.45) is 0.836. The highest BCUT2D eigenvalue weighted by Gasteiger charge is 2.36. The molecule has 1 aliphatic rings. The van der Waals surface area contributed by atoms with E-state index in [1.165, 1.54) is 0 Å². The molecule has 20 heavy (non-hydrogen) atoms. The summed E-state index contributed by atoms with van der Waals surface area (Å²) in [5.74, 6) is 0.619. The lowest BCUT2D eigenvalue weighted by molar-refractivity contribution is -0.0296. The van der Waals surface area contributed by atoms with Crippen LogP contribution in [0.2, 0.25) is 0 Å². The van der Waals surface area contributed by atoms with Gasteiger partial charge in [-0.1, -0.05) is 0 Å². The van der Waals surface area contributed by atoms with Crippen molar-refractivity contribution in [3.05, 3.63) is 24.0 Å². The van der Waals surface area contributed by atoms with Gasteiger partial charge in [-0.05, 0) is 18.2 Å². The number of aliphatic hydroxyl groups is 1. The lowest BCUT2D eigenvalue weighted by atomic mass is 10.0. The number of benzene rings is 1. The minimum Gasteiger partial charge on any atom is -0.399 e. The van der Waals surface area contributed by atoms with Gasteiger partial charge in [0.1, 0.15) is 18.0 Å².